The van der Waals surface area contributed by atoms with Crippen LogP contribution in [-0.2, 0) is 22.6 Å². The van der Waals surface area contributed by atoms with E-state index in [0.717, 1.165) is 15.6 Å². The number of amides is 2. The van der Waals surface area contributed by atoms with Gasteiger partial charge in [-0.25, -0.2) is 0 Å². The molecule has 0 heterocycles. The lowest BCUT2D eigenvalue weighted by Crippen LogP contribution is -2.52. The molecule has 0 fully saturated rings. The van der Waals surface area contributed by atoms with Crippen LogP contribution in [0.15, 0.2) is 53.0 Å². The van der Waals surface area contributed by atoms with Gasteiger partial charge in [0.25, 0.3) is 0 Å². The van der Waals surface area contributed by atoms with Gasteiger partial charge in [-0.1, -0.05) is 66.2 Å². The molecule has 1 atom stereocenters. The van der Waals surface area contributed by atoms with Gasteiger partial charge in [0.15, 0.2) is 0 Å². The Morgan fingerprint density at radius 2 is 1.65 bits per heavy atom. The summed E-state index contributed by atoms with van der Waals surface area (Å²) >= 11 is 3.49. The molecule has 2 rings (SSSR count). The minimum absolute atomic E-state index is 0.0236. The molecule has 0 aliphatic carbocycles. The van der Waals surface area contributed by atoms with Gasteiger partial charge >= 0.3 is 0 Å². The lowest BCUT2D eigenvalue weighted by molar-refractivity contribution is -0.141. The molecule has 0 radical (unpaired) electrons. The summed E-state index contributed by atoms with van der Waals surface area (Å²) in [7, 11) is 0. The lowest BCUT2D eigenvalue weighted by atomic mass is 10.00. The highest BCUT2D eigenvalue weighted by atomic mass is 79.9. The molecular formula is C26H35BrN2O2. The van der Waals surface area contributed by atoms with E-state index in [1.165, 1.54) is 5.56 Å². The number of benzene rings is 2. The summed E-state index contributed by atoms with van der Waals surface area (Å²) in [6.45, 7) is 12.4. The first-order valence-corrected chi connectivity index (χ1v) is 11.7. The van der Waals surface area contributed by atoms with E-state index in [9.17, 15) is 9.59 Å². The van der Waals surface area contributed by atoms with Crippen molar-refractivity contribution >= 4 is 27.7 Å². The standard InChI is InChI=1S/C26H35BrN2O2/c1-18(2)22-13-10-20(11-14-22)12-15-24(30)29(17-21-8-7-9-23(27)16-21)19(3)25(31)28-26(4,5)6/h7-11,13-14,16,18-19H,12,15,17H2,1-6H3,(H,28,31). The summed E-state index contributed by atoms with van der Waals surface area (Å²) in [6, 6.07) is 15.7. The molecule has 0 aliphatic heterocycles. The Bertz CT molecular complexity index is 885. The zero-order valence-electron chi connectivity index (χ0n) is 19.5. The molecule has 168 valence electrons. The normalized spacial score (nSPS) is 12.5. The number of carbonyl (C=O) groups is 2. The third kappa shape index (κ3) is 8.13. The Hall–Kier alpha value is -2.14. The van der Waals surface area contributed by atoms with E-state index in [1.54, 1.807) is 11.8 Å². The van der Waals surface area contributed by atoms with E-state index in [4.69, 9.17) is 0 Å². The van der Waals surface area contributed by atoms with Gasteiger partial charge in [-0.05, 0) is 68.9 Å². The van der Waals surface area contributed by atoms with E-state index in [-0.39, 0.29) is 17.4 Å². The average Bonchev–Trinajstić information content (AvgIpc) is 2.68. The topological polar surface area (TPSA) is 49.4 Å². The highest BCUT2D eigenvalue weighted by molar-refractivity contribution is 9.10. The van der Waals surface area contributed by atoms with Crippen LogP contribution in [0.4, 0.5) is 0 Å². The Labute approximate surface area is 195 Å². The van der Waals surface area contributed by atoms with Crippen LogP contribution >= 0.6 is 15.9 Å². The highest BCUT2D eigenvalue weighted by Crippen LogP contribution is 2.19. The first kappa shape index (κ1) is 25.1. The Kier molecular flexibility index (Phi) is 8.87. The van der Waals surface area contributed by atoms with Crippen molar-refractivity contribution in [3.63, 3.8) is 0 Å². The SMILES string of the molecule is CC(C)c1ccc(CCC(=O)N(Cc2cccc(Br)c2)C(C)C(=O)NC(C)(C)C)cc1. The molecule has 0 bridgehead atoms. The van der Waals surface area contributed by atoms with Crippen LogP contribution in [0.3, 0.4) is 0 Å². The van der Waals surface area contributed by atoms with Crippen molar-refractivity contribution in [2.24, 2.45) is 0 Å². The van der Waals surface area contributed by atoms with Crippen molar-refractivity contribution < 1.29 is 9.59 Å². The Balaban J connectivity index is 2.15. The lowest BCUT2D eigenvalue weighted by Gasteiger charge is -2.31. The number of carbonyl (C=O) groups excluding carboxylic acids is 2. The quantitative estimate of drug-likeness (QED) is 0.509. The van der Waals surface area contributed by atoms with E-state index >= 15 is 0 Å². The maximum absolute atomic E-state index is 13.2. The van der Waals surface area contributed by atoms with Gasteiger partial charge in [0.1, 0.15) is 6.04 Å². The first-order valence-electron chi connectivity index (χ1n) is 10.9. The highest BCUT2D eigenvalue weighted by Gasteiger charge is 2.28. The molecule has 1 unspecified atom stereocenters. The van der Waals surface area contributed by atoms with Gasteiger partial charge in [-0.3, -0.25) is 9.59 Å². The summed E-state index contributed by atoms with van der Waals surface area (Å²) in [6.07, 6.45) is 1.02. The number of hydrogen-bond acceptors (Lipinski definition) is 2. The molecule has 0 saturated heterocycles. The predicted molar refractivity (Wildman–Crippen MR) is 131 cm³/mol. The van der Waals surface area contributed by atoms with Crippen LogP contribution in [0.2, 0.25) is 0 Å². The van der Waals surface area contributed by atoms with Crippen LogP contribution in [-0.4, -0.2) is 28.3 Å². The predicted octanol–water partition coefficient (Wildman–Crippen LogP) is 5.84. The summed E-state index contributed by atoms with van der Waals surface area (Å²) in [5, 5.41) is 3.00. The van der Waals surface area contributed by atoms with Crippen molar-refractivity contribution in [1.82, 2.24) is 10.2 Å². The molecule has 2 aromatic rings. The molecule has 0 saturated carbocycles. The fraction of sp³-hybridized carbons (Fsp3) is 0.462. The number of nitrogens with one attached hydrogen (secondary N) is 1. The van der Waals surface area contributed by atoms with Crippen LogP contribution in [0.1, 0.15) is 70.6 Å². The summed E-state index contributed by atoms with van der Waals surface area (Å²) in [5.41, 5.74) is 3.05. The molecule has 2 amide bonds. The van der Waals surface area contributed by atoms with Crippen molar-refractivity contribution in [2.45, 2.75) is 78.4 Å². The second-order valence-corrected chi connectivity index (χ2v) is 10.4. The summed E-state index contributed by atoms with van der Waals surface area (Å²) in [5.74, 6) is 0.320. The third-order valence-electron chi connectivity index (χ3n) is 5.18. The van der Waals surface area contributed by atoms with Gasteiger partial charge in [-0.15, -0.1) is 0 Å². The fourth-order valence-electron chi connectivity index (χ4n) is 3.35. The van der Waals surface area contributed by atoms with Crippen LogP contribution in [0.25, 0.3) is 0 Å². The molecular weight excluding hydrogens is 452 g/mol. The van der Waals surface area contributed by atoms with E-state index < -0.39 is 6.04 Å². The second-order valence-electron chi connectivity index (χ2n) is 9.46. The fourth-order valence-corrected chi connectivity index (χ4v) is 3.80. The largest absolute Gasteiger partial charge is 0.350 e. The minimum Gasteiger partial charge on any atom is -0.350 e. The Morgan fingerprint density at radius 3 is 2.19 bits per heavy atom. The zero-order chi connectivity index (χ0) is 23.2. The molecule has 4 nitrogen and oxygen atoms in total. The van der Waals surface area contributed by atoms with Crippen molar-refractivity contribution in [2.75, 3.05) is 0 Å². The van der Waals surface area contributed by atoms with Gasteiger partial charge in [0.05, 0.1) is 0 Å². The average molecular weight is 487 g/mol. The van der Waals surface area contributed by atoms with E-state index in [0.29, 0.717) is 25.3 Å². The minimum atomic E-state index is -0.561. The van der Waals surface area contributed by atoms with Gasteiger partial charge in [0, 0.05) is 23.0 Å². The monoisotopic (exact) mass is 486 g/mol. The van der Waals surface area contributed by atoms with Crippen LogP contribution in [0, 0.1) is 0 Å². The van der Waals surface area contributed by atoms with Crippen molar-refractivity contribution in [3.8, 4) is 0 Å². The summed E-state index contributed by atoms with van der Waals surface area (Å²) < 4.78 is 0.953. The van der Waals surface area contributed by atoms with Crippen LogP contribution < -0.4 is 5.32 Å². The van der Waals surface area contributed by atoms with Crippen molar-refractivity contribution in [3.05, 3.63) is 69.7 Å². The molecule has 0 spiro atoms. The van der Waals surface area contributed by atoms with Crippen LogP contribution in [0.5, 0.6) is 0 Å². The number of nitrogens with zero attached hydrogens (tertiary/aromatic N) is 1. The van der Waals surface area contributed by atoms with E-state index in [2.05, 4.69) is 59.4 Å². The summed E-state index contributed by atoms with van der Waals surface area (Å²) in [4.78, 5) is 27.7. The van der Waals surface area contributed by atoms with E-state index in [1.807, 2.05) is 45.0 Å². The molecule has 0 aromatic heterocycles. The Morgan fingerprint density at radius 1 is 1.00 bits per heavy atom. The number of rotatable bonds is 8. The zero-order valence-corrected chi connectivity index (χ0v) is 21.1. The smallest absolute Gasteiger partial charge is 0.242 e. The molecule has 31 heavy (non-hydrogen) atoms. The van der Waals surface area contributed by atoms with Crippen molar-refractivity contribution in [1.29, 1.82) is 0 Å². The molecule has 0 aliphatic rings. The van der Waals surface area contributed by atoms with Gasteiger partial charge in [-0.2, -0.15) is 0 Å². The molecule has 1 N–H and O–H groups in total. The van der Waals surface area contributed by atoms with Gasteiger partial charge in [0.2, 0.25) is 11.8 Å². The molecule has 2 aromatic carbocycles. The molecule has 5 heteroatoms. The second kappa shape index (κ2) is 10.9. The third-order valence-corrected chi connectivity index (χ3v) is 5.67. The van der Waals surface area contributed by atoms with Gasteiger partial charge < -0.3 is 10.2 Å². The number of halogens is 1. The maximum atomic E-state index is 13.2. The number of hydrogen-bond donors (Lipinski definition) is 1. The maximum Gasteiger partial charge on any atom is 0.242 e. The first-order chi connectivity index (χ1) is 14.5. The number of aryl methyl sites for hydroxylation is 1.